The lowest BCUT2D eigenvalue weighted by atomic mass is 10.2. The summed E-state index contributed by atoms with van der Waals surface area (Å²) in [5.74, 6) is 1.36. The quantitative estimate of drug-likeness (QED) is 0.465. The molecule has 0 unspecified atom stereocenters. The fourth-order valence-corrected chi connectivity index (χ4v) is 3.68. The number of aromatic nitrogens is 3. The highest BCUT2D eigenvalue weighted by Gasteiger charge is 2.15. The van der Waals surface area contributed by atoms with Crippen molar-refractivity contribution in [3.8, 4) is 11.8 Å². The first kappa shape index (κ1) is 17.8. The van der Waals surface area contributed by atoms with Crippen molar-refractivity contribution in [2.75, 3.05) is 5.32 Å². The Labute approximate surface area is 167 Å². The molecule has 1 aromatic heterocycles. The van der Waals surface area contributed by atoms with Gasteiger partial charge in [0, 0.05) is 11.4 Å². The Morgan fingerprint density at radius 1 is 0.893 bits per heavy atom. The number of thioether (sulfide) groups is 1. The van der Waals surface area contributed by atoms with Gasteiger partial charge < -0.3 is 5.32 Å². The van der Waals surface area contributed by atoms with E-state index in [0.29, 0.717) is 17.3 Å². The number of hydrogen-bond acceptors (Lipinski definition) is 5. The molecule has 0 aliphatic rings. The van der Waals surface area contributed by atoms with E-state index in [1.54, 1.807) is 11.8 Å². The predicted molar refractivity (Wildman–Crippen MR) is 112 cm³/mol. The van der Waals surface area contributed by atoms with E-state index in [1.807, 2.05) is 89.5 Å². The number of rotatable bonds is 6. The topological polar surface area (TPSA) is 66.5 Å². The number of nitrogens with one attached hydrogen (secondary N) is 1. The Hall–Kier alpha value is -3.56. The van der Waals surface area contributed by atoms with Crippen molar-refractivity contribution in [3.05, 3.63) is 96.1 Å². The first-order chi connectivity index (χ1) is 13.8. The highest BCUT2D eigenvalue weighted by atomic mass is 32.2. The minimum absolute atomic E-state index is 0.658. The van der Waals surface area contributed by atoms with E-state index in [2.05, 4.69) is 21.6 Å². The second-order valence-corrected chi connectivity index (χ2v) is 7.01. The van der Waals surface area contributed by atoms with Crippen LogP contribution in [-0.4, -0.2) is 14.8 Å². The van der Waals surface area contributed by atoms with Crippen LogP contribution in [0.4, 0.5) is 11.6 Å². The highest BCUT2D eigenvalue weighted by molar-refractivity contribution is 7.98. The summed E-state index contributed by atoms with van der Waals surface area (Å²) in [5, 5.41) is 22.0. The summed E-state index contributed by atoms with van der Waals surface area (Å²) in [4.78, 5) is 0. The number of anilines is 2. The number of nitriles is 1. The van der Waals surface area contributed by atoms with Crippen molar-refractivity contribution in [2.45, 2.75) is 10.9 Å². The second-order valence-electron chi connectivity index (χ2n) is 6.07. The zero-order valence-corrected chi connectivity index (χ0v) is 15.8. The SMILES string of the molecule is N#Cc1cccc(CSc2nnc(Nc3ccccc3)n2-c2ccccc2)c1. The van der Waals surface area contributed by atoms with Crippen LogP contribution in [0.5, 0.6) is 0 Å². The molecular formula is C22H17N5S. The molecule has 0 saturated carbocycles. The summed E-state index contributed by atoms with van der Waals surface area (Å²) in [5.41, 5.74) is 3.67. The third kappa shape index (κ3) is 4.05. The fraction of sp³-hybridized carbons (Fsp3) is 0.0455. The largest absolute Gasteiger partial charge is 0.324 e. The average molecular weight is 383 g/mol. The zero-order valence-electron chi connectivity index (χ0n) is 15.0. The van der Waals surface area contributed by atoms with E-state index in [9.17, 15) is 0 Å². The van der Waals surface area contributed by atoms with E-state index in [-0.39, 0.29) is 0 Å². The normalized spacial score (nSPS) is 10.4. The van der Waals surface area contributed by atoms with Crippen molar-refractivity contribution in [2.24, 2.45) is 0 Å². The fourth-order valence-electron chi connectivity index (χ4n) is 2.78. The molecular weight excluding hydrogens is 366 g/mol. The van der Waals surface area contributed by atoms with Crippen LogP contribution in [0.15, 0.2) is 90.1 Å². The van der Waals surface area contributed by atoms with Gasteiger partial charge in [-0.25, -0.2) is 0 Å². The van der Waals surface area contributed by atoms with Crippen LogP contribution in [0, 0.1) is 11.3 Å². The van der Waals surface area contributed by atoms with Gasteiger partial charge in [-0.3, -0.25) is 4.57 Å². The molecule has 0 saturated heterocycles. The molecule has 0 fully saturated rings. The van der Waals surface area contributed by atoms with Crippen LogP contribution >= 0.6 is 11.8 Å². The monoisotopic (exact) mass is 383 g/mol. The Balaban J connectivity index is 1.64. The molecule has 1 N–H and O–H groups in total. The van der Waals surface area contributed by atoms with E-state index in [0.717, 1.165) is 22.1 Å². The molecule has 4 aromatic rings. The van der Waals surface area contributed by atoms with Crippen LogP contribution < -0.4 is 5.32 Å². The Morgan fingerprint density at radius 2 is 1.64 bits per heavy atom. The second kappa shape index (κ2) is 8.42. The van der Waals surface area contributed by atoms with Crippen molar-refractivity contribution >= 4 is 23.4 Å². The lowest BCUT2D eigenvalue weighted by Crippen LogP contribution is -2.03. The minimum atomic E-state index is 0.658. The first-order valence-corrected chi connectivity index (χ1v) is 9.77. The van der Waals surface area contributed by atoms with Gasteiger partial charge in [-0.15, -0.1) is 10.2 Å². The van der Waals surface area contributed by atoms with Crippen molar-refractivity contribution in [1.29, 1.82) is 5.26 Å². The maximum Gasteiger partial charge on any atom is 0.234 e. The van der Waals surface area contributed by atoms with Crippen molar-refractivity contribution in [1.82, 2.24) is 14.8 Å². The molecule has 0 atom stereocenters. The first-order valence-electron chi connectivity index (χ1n) is 8.78. The van der Waals surface area contributed by atoms with Crippen LogP contribution in [0.25, 0.3) is 5.69 Å². The van der Waals surface area contributed by atoms with Crippen LogP contribution in [-0.2, 0) is 5.75 Å². The minimum Gasteiger partial charge on any atom is -0.324 e. The Bertz CT molecular complexity index is 1100. The van der Waals surface area contributed by atoms with Gasteiger partial charge in [0.2, 0.25) is 5.95 Å². The molecule has 4 rings (SSSR count). The molecule has 0 aliphatic carbocycles. The third-order valence-electron chi connectivity index (χ3n) is 4.10. The standard InChI is InChI=1S/C22H17N5S/c23-15-17-8-7-9-18(14-17)16-28-22-26-25-21(24-19-10-3-1-4-11-19)27(22)20-12-5-2-6-13-20/h1-14H,16H2,(H,24,25). The molecule has 28 heavy (non-hydrogen) atoms. The van der Waals surface area contributed by atoms with Gasteiger partial charge in [0.15, 0.2) is 5.16 Å². The van der Waals surface area contributed by atoms with Gasteiger partial charge in [0.1, 0.15) is 0 Å². The molecule has 0 aliphatic heterocycles. The number of benzene rings is 3. The van der Waals surface area contributed by atoms with E-state index < -0.39 is 0 Å². The highest BCUT2D eigenvalue weighted by Crippen LogP contribution is 2.28. The number of hydrogen-bond donors (Lipinski definition) is 1. The van der Waals surface area contributed by atoms with Gasteiger partial charge in [-0.2, -0.15) is 5.26 Å². The molecule has 136 valence electrons. The van der Waals surface area contributed by atoms with Gasteiger partial charge >= 0.3 is 0 Å². The van der Waals surface area contributed by atoms with Crippen LogP contribution in [0.2, 0.25) is 0 Å². The van der Waals surface area contributed by atoms with E-state index in [4.69, 9.17) is 5.26 Å². The van der Waals surface area contributed by atoms with Gasteiger partial charge in [0.25, 0.3) is 0 Å². The summed E-state index contributed by atoms with van der Waals surface area (Å²) >= 11 is 1.59. The summed E-state index contributed by atoms with van der Waals surface area (Å²) in [6, 6.07) is 29.7. The molecule has 0 amide bonds. The lowest BCUT2D eigenvalue weighted by Gasteiger charge is -2.11. The number of nitrogens with zero attached hydrogens (tertiary/aromatic N) is 4. The molecule has 5 nitrogen and oxygen atoms in total. The Morgan fingerprint density at radius 3 is 2.39 bits per heavy atom. The van der Waals surface area contributed by atoms with Crippen LogP contribution in [0.3, 0.4) is 0 Å². The van der Waals surface area contributed by atoms with Crippen molar-refractivity contribution in [3.63, 3.8) is 0 Å². The average Bonchev–Trinajstić information content (AvgIpc) is 3.16. The van der Waals surface area contributed by atoms with Gasteiger partial charge in [-0.1, -0.05) is 60.3 Å². The zero-order chi connectivity index (χ0) is 19.2. The maximum absolute atomic E-state index is 9.09. The molecule has 0 radical (unpaired) electrons. The van der Waals surface area contributed by atoms with E-state index >= 15 is 0 Å². The van der Waals surface area contributed by atoms with Crippen molar-refractivity contribution < 1.29 is 0 Å². The summed E-state index contributed by atoms with van der Waals surface area (Å²) < 4.78 is 2.01. The molecule has 0 spiro atoms. The van der Waals surface area contributed by atoms with E-state index in [1.165, 1.54) is 0 Å². The number of para-hydroxylation sites is 2. The third-order valence-corrected chi connectivity index (χ3v) is 5.10. The molecule has 3 aromatic carbocycles. The van der Waals surface area contributed by atoms with Gasteiger partial charge in [0.05, 0.1) is 17.3 Å². The smallest absolute Gasteiger partial charge is 0.234 e. The van der Waals surface area contributed by atoms with Crippen LogP contribution in [0.1, 0.15) is 11.1 Å². The summed E-state index contributed by atoms with van der Waals surface area (Å²) in [6.07, 6.45) is 0. The molecule has 0 bridgehead atoms. The lowest BCUT2D eigenvalue weighted by molar-refractivity contribution is 0.886. The summed E-state index contributed by atoms with van der Waals surface area (Å²) in [6.45, 7) is 0. The summed E-state index contributed by atoms with van der Waals surface area (Å²) in [7, 11) is 0. The molecule has 6 heteroatoms. The predicted octanol–water partition coefficient (Wildman–Crippen LogP) is 5.17. The van der Waals surface area contributed by atoms with Gasteiger partial charge in [-0.05, 0) is 42.0 Å². The maximum atomic E-state index is 9.09. The molecule has 1 heterocycles. The Kier molecular flexibility index (Phi) is 5.36.